The van der Waals surface area contributed by atoms with Gasteiger partial charge in [0.25, 0.3) is 0 Å². The van der Waals surface area contributed by atoms with Crippen LogP contribution in [0.2, 0.25) is 0 Å². The van der Waals surface area contributed by atoms with Gasteiger partial charge >= 0.3 is 25.8 Å². The fourth-order valence-electron chi connectivity index (χ4n) is 5.30. The molecular weight excluding hydrogens is 641 g/mol. The smallest absolute Gasteiger partial charge is 0.466 e. The van der Waals surface area contributed by atoms with Gasteiger partial charge in [-0.3, -0.25) is 18.7 Å². The Hall–Kier alpha value is -4.51. The predicted octanol–water partition coefficient (Wildman–Crippen LogP) is 2.42. The zero-order valence-corrected chi connectivity index (χ0v) is 27.0. The van der Waals surface area contributed by atoms with Gasteiger partial charge in [0.2, 0.25) is 5.95 Å². The van der Waals surface area contributed by atoms with Crippen molar-refractivity contribution in [3.63, 3.8) is 0 Å². The fraction of sp³-hybridized carbons (Fsp3) is 0.500. The van der Waals surface area contributed by atoms with Crippen molar-refractivity contribution in [3.8, 4) is 5.75 Å². The number of fused-ring (bicyclic) bond motifs is 2. The van der Waals surface area contributed by atoms with Gasteiger partial charge in [-0.2, -0.15) is 15.1 Å². The van der Waals surface area contributed by atoms with Gasteiger partial charge in [0, 0.05) is 6.42 Å². The number of aryl methyl sites for hydroxylation is 1. The molecule has 0 saturated carbocycles. The standard InChI is InChI=1S/C28H36N7O11P/c1-5-40-19(36)12-11-16-9-7-8-10-17(16)46-47(39,34-15(3)24(37)41-6-2)42-13-18-21-28(4,45-27(38)44-21)25(43-18)35-14-31-20-22(29)32-26(30)33-23(20)35/h7-10,14-15,18,21,25H,5-6,11-13H2,1-4H3,(H,34,39)(H4,29,30,32,33)/t15-,18+,21-,25+,28+,47?/m0/s1. The number of aromatic nitrogens is 4. The van der Waals surface area contributed by atoms with Gasteiger partial charge in [-0.15, -0.1) is 0 Å². The van der Waals surface area contributed by atoms with Crippen LogP contribution in [0.4, 0.5) is 16.6 Å². The van der Waals surface area contributed by atoms with E-state index in [1.807, 2.05) is 0 Å². The molecule has 1 aromatic carbocycles. The molecule has 2 aliphatic rings. The Morgan fingerprint density at radius 2 is 1.91 bits per heavy atom. The van der Waals surface area contributed by atoms with Crippen molar-refractivity contribution >= 4 is 48.8 Å². The number of nitrogens with one attached hydrogen (secondary N) is 1. The number of nitrogen functional groups attached to an aromatic ring is 2. The second kappa shape index (κ2) is 13.7. The maximum atomic E-state index is 14.3. The van der Waals surface area contributed by atoms with Crippen LogP contribution in [0.1, 0.15) is 45.9 Å². The Balaban J connectivity index is 1.41. The predicted molar refractivity (Wildman–Crippen MR) is 163 cm³/mol. The second-order valence-corrected chi connectivity index (χ2v) is 12.5. The number of imidazole rings is 1. The number of nitrogens with two attached hydrogens (primary N) is 2. The summed E-state index contributed by atoms with van der Waals surface area (Å²) in [5.74, 6) is -1.06. The SMILES string of the molecule is CCOC(=O)CCc1ccccc1OP(=O)(N[C@@H](C)C(=O)OCC)OC[C@H]1O[C@@H](n2cnc3c(N)nc(N)nc32)[C@]2(C)OC(=O)O[C@@H]12. The minimum absolute atomic E-state index is 0.0351. The lowest BCUT2D eigenvalue weighted by Crippen LogP contribution is -2.42. The van der Waals surface area contributed by atoms with E-state index in [1.54, 1.807) is 45.0 Å². The first-order valence-corrected chi connectivity index (χ1v) is 16.3. The van der Waals surface area contributed by atoms with Crippen LogP contribution in [-0.4, -0.2) is 81.3 Å². The van der Waals surface area contributed by atoms with Crippen molar-refractivity contribution < 1.29 is 51.7 Å². The largest absolute Gasteiger partial charge is 0.509 e. The van der Waals surface area contributed by atoms with E-state index in [1.165, 1.54) is 17.8 Å². The Morgan fingerprint density at radius 3 is 2.66 bits per heavy atom. The Morgan fingerprint density at radius 1 is 1.17 bits per heavy atom. The third-order valence-corrected chi connectivity index (χ3v) is 9.07. The minimum atomic E-state index is -4.42. The van der Waals surface area contributed by atoms with Gasteiger partial charge in [-0.05, 0) is 45.7 Å². The molecule has 1 unspecified atom stereocenters. The van der Waals surface area contributed by atoms with Crippen molar-refractivity contribution in [1.29, 1.82) is 0 Å². The number of benzene rings is 1. The highest BCUT2D eigenvalue weighted by molar-refractivity contribution is 7.52. The van der Waals surface area contributed by atoms with Crippen molar-refractivity contribution in [1.82, 2.24) is 24.6 Å². The molecule has 2 aromatic heterocycles. The molecule has 254 valence electrons. The van der Waals surface area contributed by atoms with Crippen LogP contribution in [0.3, 0.4) is 0 Å². The van der Waals surface area contributed by atoms with Gasteiger partial charge in [-0.1, -0.05) is 18.2 Å². The van der Waals surface area contributed by atoms with Crippen LogP contribution in [0.15, 0.2) is 30.6 Å². The third kappa shape index (κ3) is 7.10. The van der Waals surface area contributed by atoms with Gasteiger partial charge < -0.3 is 39.7 Å². The summed E-state index contributed by atoms with van der Waals surface area (Å²) in [5.41, 5.74) is 11.3. The van der Waals surface area contributed by atoms with E-state index in [0.29, 0.717) is 5.56 Å². The molecule has 5 N–H and O–H groups in total. The van der Waals surface area contributed by atoms with Crippen molar-refractivity contribution in [2.75, 3.05) is 31.3 Å². The van der Waals surface area contributed by atoms with Crippen LogP contribution in [-0.2, 0) is 48.8 Å². The van der Waals surface area contributed by atoms with E-state index in [2.05, 4.69) is 20.0 Å². The van der Waals surface area contributed by atoms with Crippen LogP contribution in [0, 0.1) is 0 Å². The van der Waals surface area contributed by atoms with Crippen molar-refractivity contribution in [3.05, 3.63) is 36.2 Å². The van der Waals surface area contributed by atoms with E-state index in [9.17, 15) is 18.9 Å². The van der Waals surface area contributed by atoms with E-state index >= 15 is 0 Å². The zero-order chi connectivity index (χ0) is 33.9. The summed E-state index contributed by atoms with van der Waals surface area (Å²) in [7, 11) is -4.42. The maximum absolute atomic E-state index is 14.3. The lowest BCUT2D eigenvalue weighted by Gasteiger charge is -2.26. The lowest BCUT2D eigenvalue weighted by atomic mass is 9.96. The number of carbonyl (C=O) groups is 3. The topological polar surface area (TPSA) is 241 Å². The first kappa shape index (κ1) is 33.8. The number of para-hydroxylation sites is 1. The molecule has 19 heteroatoms. The number of nitrogens with zero attached hydrogens (tertiary/aromatic N) is 4. The molecule has 0 radical (unpaired) electrons. The zero-order valence-electron chi connectivity index (χ0n) is 26.1. The Kier molecular flexibility index (Phi) is 9.86. The molecule has 0 amide bonds. The van der Waals surface area contributed by atoms with E-state index < -0.39 is 62.5 Å². The first-order valence-electron chi connectivity index (χ1n) is 14.8. The molecule has 6 atom stereocenters. The molecule has 2 aliphatic heterocycles. The number of rotatable bonds is 14. The van der Waals surface area contributed by atoms with Crippen LogP contribution in [0.25, 0.3) is 11.2 Å². The third-order valence-electron chi connectivity index (χ3n) is 7.44. The second-order valence-electron chi connectivity index (χ2n) is 10.8. The Labute approximate surface area is 268 Å². The average molecular weight is 678 g/mol. The molecule has 0 bridgehead atoms. The first-order chi connectivity index (χ1) is 22.4. The van der Waals surface area contributed by atoms with Crippen molar-refractivity contribution in [2.24, 2.45) is 0 Å². The summed E-state index contributed by atoms with van der Waals surface area (Å²) in [5, 5.41) is 2.61. The number of carbonyl (C=O) groups excluding carboxylic acids is 3. The van der Waals surface area contributed by atoms with Crippen molar-refractivity contribution in [2.45, 2.75) is 70.6 Å². The quantitative estimate of drug-likeness (QED) is 0.126. The van der Waals surface area contributed by atoms with Crippen LogP contribution in [0.5, 0.6) is 5.75 Å². The minimum Gasteiger partial charge on any atom is -0.466 e. The monoisotopic (exact) mass is 677 g/mol. The molecule has 0 aliphatic carbocycles. The number of anilines is 2. The molecule has 3 aromatic rings. The molecule has 5 rings (SSSR count). The maximum Gasteiger partial charge on any atom is 0.509 e. The van der Waals surface area contributed by atoms with E-state index in [-0.39, 0.29) is 54.7 Å². The highest BCUT2D eigenvalue weighted by atomic mass is 31.2. The molecular formula is C28H36N7O11P. The summed E-state index contributed by atoms with van der Waals surface area (Å²) in [6.45, 7) is 6.20. The summed E-state index contributed by atoms with van der Waals surface area (Å²) in [4.78, 5) is 49.3. The van der Waals surface area contributed by atoms with Crippen LogP contribution >= 0.6 is 7.75 Å². The Bertz CT molecular complexity index is 1700. The fourth-order valence-corrected chi connectivity index (χ4v) is 6.84. The number of hydrogen-bond donors (Lipinski definition) is 3. The summed E-state index contributed by atoms with van der Waals surface area (Å²) in [6, 6.07) is 5.48. The molecule has 47 heavy (non-hydrogen) atoms. The lowest BCUT2D eigenvalue weighted by molar-refractivity contribution is -0.145. The molecule has 2 saturated heterocycles. The van der Waals surface area contributed by atoms with Gasteiger partial charge in [0.15, 0.2) is 29.4 Å². The number of hydrogen-bond acceptors (Lipinski definition) is 16. The van der Waals surface area contributed by atoms with Gasteiger partial charge in [-0.25, -0.2) is 14.3 Å². The summed E-state index contributed by atoms with van der Waals surface area (Å²) >= 11 is 0. The van der Waals surface area contributed by atoms with Crippen LogP contribution < -0.4 is 21.1 Å². The van der Waals surface area contributed by atoms with Gasteiger partial charge in [0.1, 0.15) is 23.4 Å². The van der Waals surface area contributed by atoms with Gasteiger partial charge in [0.05, 0.1) is 26.1 Å². The summed E-state index contributed by atoms with van der Waals surface area (Å²) in [6.07, 6.45) is -2.52. The molecule has 2 fully saturated rings. The molecule has 18 nitrogen and oxygen atoms in total. The summed E-state index contributed by atoms with van der Waals surface area (Å²) < 4.78 is 55.0. The normalized spacial score (nSPS) is 23.7. The average Bonchev–Trinajstić information content (AvgIpc) is 3.64. The van der Waals surface area contributed by atoms with E-state index in [0.717, 1.165) is 0 Å². The highest BCUT2D eigenvalue weighted by Crippen LogP contribution is 2.51. The highest BCUT2D eigenvalue weighted by Gasteiger charge is 2.64. The molecule has 4 heterocycles. The number of esters is 2. The van der Waals surface area contributed by atoms with E-state index in [4.69, 9.17) is 44.2 Å². The molecule has 0 spiro atoms. The number of ether oxygens (including phenoxy) is 5.